The molecule has 0 aliphatic carbocycles. The Hall–Kier alpha value is -1.89. The molecule has 2 amide bonds. The Morgan fingerprint density at radius 1 is 1.14 bits per heavy atom. The average molecular weight is 508 g/mol. The fourth-order valence-electron chi connectivity index (χ4n) is 4.99. The Morgan fingerprint density at radius 3 is 2.31 bits per heavy atom. The fourth-order valence-corrected chi connectivity index (χ4v) is 4.99. The summed E-state index contributed by atoms with van der Waals surface area (Å²) < 4.78 is 5.13. The second-order valence-corrected chi connectivity index (χ2v) is 11.8. The molecule has 1 N–H and O–H groups in total. The highest BCUT2D eigenvalue weighted by Gasteiger charge is 2.40. The van der Waals surface area contributed by atoms with Crippen LogP contribution in [0.4, 0.5) is 0 Å². The topological polar surface area (TPSA) is 79.0 Å². The number of amides is 2. The molecule has 1 saturated heterocycles. The average Bonchev–Trinajstić information content (AvgIpc) is 2.82. The zero-order valence-corrected chi connectivity index (χ0v) is 24.6. The Kier molecular flexibility index (Phi) is 13.2. The van der Waals surface area contributed by atoms with Crippen molar-refractivity contribution in [3.8, 4) is 0 Å². The number of carbonyl (C=O) groups excluding carboxylic acids is 3. The predicted molar refractivity (Wildman–Crippen MR) is 147 cm³/mol. The second-order valence-electron chi connectivity index (χ2n) is 11.8. The summed E-state index contributed by atoms with van der Waals surface area (Å²) in [5.41, 5.74) is 0.000844. The van der Waals surface area contributed by atoms with Crippen LogP contribution in [0.5, 0.6) is 0 Å². The first-order valence-corrected chi connectivity index (χ1v) is 13.9. The quantitative estimate of drug-likeness (QED) is 0.299. The van der Waals surface area contributed by atoms with Crippen molar-refractivity contribution in [3.05, 3.63) is 11.6 Å². The number of ether oxygens (including phenoxy) is 1. The molecule has 0 aromatic carbocycles. The third-order valence-electron chi connectivity index (χ3n) is 7.28. The van der Waals surface area contributed by atoms with Gasteiger partial charge in [-0.2, -0.15) is 0 Å². The lowest BCUT2D eigenvalue weighted by molar-refractivity contribution is -0.142. The van der Waals surface area contributed by atoms with Crippen LogP contribution >= 0.6 is 0 Å². The molecule has 1 fully saturated rings. The van der Waals surface area contributed by atoms with E-state index in [9.17, 15) is 14.4 Å². The third-order valence-corrected chi connectivity index (χ3v) is 7.28. The highest BCUT2D eigenvalue weighted by Crippen LogP contribution is 2.26. The monoisotopic (exact) mass is 507 g/mol. The molecule has 0 bridgehead atoms. The molecule has 1 aliphatic heterocycles. The Bertz CT molecular complexity index is 756. The van der Waals surface area contributed by atoms with Gasteiger partial charge in [0, 0.05) is 18.7 Å². The molecule has 0 aromatic rings. The van der Waals surface area contributed by atoms with E-state index in [1.807, 2.05) is 34.6 Å². The minimum atomic E-state index is -0.678. The summed E-state index contributed by atoms with van der Waals surface area (Å²) >= 11 is 0. The molecule has 0 radical (unpaired) electrons. The Morgan fingerprint density at radius 2 is 1.78 bits per heavy atom. The molecular formula is C29H53N3O4. The molecule has 0 saturated carbocycles. The molecule has 208 valence electrons. The van der Waals surface area contributed by atoms with Crippen LogP contribution in [0.15, 0.2) is 11.6 Å². The van der Waals surface area contributed by atoms with Gasteiger partial charge in [0.2, 0.25) is 11.8 Å². The normalized spacial score (nSPS) is 20.0. The zero-order valence-electron chi connectivity index (χ0n) is 24.6. The van der Waals surface area contributed by atoms with Crippen molar-refractivity contribution < 1.29 is 19.1 Å². The fraction of sp³-hybridized carbons (Fsp3) is 0.828. The summed E-state index contributed by atoms with van der Waals surface area (Å²) in [6.07, 6.45) is 8.12. The number of piperidine rings is 1. The van der Waals surface area contributed by atoms with Gasteiger partial charge in [0.25, 0.3) is 0 Å². The molecule has 1 rings (SSSR count). The van der Waals surface area contributed by atoms with Gasteiger partial charge in [0.15, 0.2) is 0 Å². The SMILES string of the molecule is CCCCC(C)N1CCCC[C@@H]1C(=O)N[C@H](C(=O)N(C)[C@H](/C=C(\C)C(=O)OCC)C(C)C)C(C)(C)C. The summed E-state index contributed by atoms with van der Waals surface area (Å²) in [4.78, 5) is 43.7. The predicted octanol–water partition coefficient (Wildman–Crippen LogP) is 4.94. The maximum Gasteiger partial charge on any atom is 0.333 e. The van der Waals surface area contributed by atoms with E-state index in [0.717, 1.165) is 45.1 Å². The Balaban J connectivity index is 3.15. The molecule has 4 atom stereocenters. The number of carbonyl (C=O) groups is 3. The second kappa shape index (κ2) is 14.7. The van der Waals surface area contributed by atoms with Crippen LogP contribution in [0.1, 0.15) is 101 Å². The van der Waals surface area contributed by atoms with Crippen molar-refractivity contribution in [2.45, 2.75) is 125 Å². The van der Waals surface area contributed by atoms with Crippen molar-refractivity contribution in [2.75, 3.05) is 20.2 Å². The summed E-state index contributed by atoms with van der Waals surface area (Å²) in [6, 6.07) is -0.847. The van der Waals surface area contributed by atoms with E-state index in [0.29, 0.717) is 18.2 Å². The van der Waals surface area contributed by atoms with E-state index in [4.69, 9.17) is 4.74 Å². The van der Waals surface area contributed by atoms with Crippen LogP contribution in [0.2, 0.25) is 0 Å². The summed E-state index contributed by atoms with van der Waals surface area (Å²) in [5.74, 6) is -0.505. The molecule has 7 heteroatoms. The number of likely N-dealkylation sites (tertiary alicyclic amines) is 1. The largest absolute Gasteiger partial charge is 0.463 e. The summed E-state index contributed by atoms with van der Waals surface area (Å²) in [5, 5.41) is 3.15. The van der Waals surface area contributed by atoms with Gasteiger partial charge in [-0.05, 0) is 57.9 Å². The molecule has 0 aromatic heterocycles. The smallest absolute Gasteiger partial charge is 0.333 e. The van der Waals surface area contributed by atoms with E-state index < -0.39 is 11.5 Å². The number of likely N-dealkylation sites (N-methyl/N-ethyl adjacent to an activating group) is 1. The number of esters is 1. The van der Waals surface area contributed by atoms with Crippen LogP contribution in [-0.2, 0) is 19.1 Å². The van der Waals surface area contributed by atoms with Gasteiger partial charge >= 0.3 is 5.97 Å². The van der Waals surface area contributed by atoms with E-state index in [-0.39, 0.29) is 35.8 Å². The summed E-state index contributed by atoms with van der Waals surface area (Å²) in [6.45, 7) is 19.1. The van der Waals surface area contributed by atoms with E-state index in [1.165, 1.54) is 0 Å². The first-order chi connectivity index (χ1) is 16.8. The number of nitrogens with one attached hydrogen (secondary N) is 1. The van der Waals surface area contributed by atoms with Gasteiger partial charge in [-0.15, -0.1) is 0 Å². The summed E-state index contributed by atoms with van der Waals surface area (Å²) in [7, 11) is 1.76. The van der Waals surface area contributed by atoms with Gasteiger partial charge in [-0.1, -0.05) is 66.9 Å². The molecule has 0 spiro atoms. The first-order valence-electron chi connectivity index (χ1n) is 13.9. The maximum atomic E-state index is 13.8. The highest BCUT2D eigenvalue weighted by atomic mass is 16.5. The lowest BCUT2D eigenvalue weighted by Crippen LogP contribution is -2.60. The van der Waals surface area contributed by atoms with Crippen LogP contribution in [-0.4, -0.2) is 72.0 Å². The third kappa shape index (κ3) is 9.20. The Labute approximate surface area is 220 Å². The van der Waals surface area contributed by atoms with Gasteiger partial charge < -0.3 is 15.0 Å². The van der Waals surface area contributed by atoms with Crippen LogP contribution in [0, 0.1) is 11.3 Å². The van der Waals surface area contributed by atoms with Crippen molar-refractivity contribution in [1.82, 2.24) is 15.1 Å². The van der Waals surface area contributed by atoms with Crippen molar-refractivity contribution in [1.29, 1.82) is 0 Å². The molecule has 36 heavy (non-hydrogen) atoms. The van der Waals surface area contributed by atoms with Crippen LogP contribution < -0.4 is 5.32 Å². The molecule has 1 heterocycles. The van der Waals surface area contributed by atoms with E-state index in [1.54, 1.807) is 31.9 Å². The molecule has 1 unspecified atom stereocenters. The van der Waals surface area contributed by atoms with Gasteiger partial charge in [-0.25, -0.2) is 4.79 Å². The van der Waals surface area contributed by atoms with Gasteiger partial charge in [0.05, 0.1) is 18.7 Å². The van der Waals surface area contributed by atoms with E-state index >= 15 is 0 Å². The highest BCUT2D eigenvalue weighted by molar-refractivity contribution is 5.91. The minimum Gasteiger partial charge on any atom is -0.463 e. The lowest BCUT2D eigenvalue weighted by atomic mass is 9.84. The van der Waals surface area contributed by atoms with Gasteiger partial charge in [0.1, 0.15) is 6.04 Å². The molecular weight excluding hydrogens is 454 g/mol. The zero-order chi connectivity index (χ0) is 27.6. The standard InChI is InChI=1S/C29H53N3O4/c1-11-13-16-22(6)32-18-15-14-17-23(32)26(33)30-25(29(7,8)9)27(34)31(10)24(20(3)4)19-21(5)28(35)36-12-2/h19-20,22-25H,11-18H2,1-10H3,(H,30,33)/b21-19+/t22?,23-,24-,25-/m1/s1. The number of hydrogen-bond donors (Lipinski definition) is 1. The van der Waals surface area contributed by atoms with Crippen molar-refractivity contribution in [3.63, 3.8) is 0 Å². The maximum absolute atomic E-state index is 13.8. The number of rotatable bonds is 12. The first kappa shape index (κ1) is 32.1. The number of hydrogen-bond acceptors (Lipinski definition) is 5. The number of nitrogens with zero attached hydrogens (tertiary/aromatic N) is 2. The molecule has 1 aliphatic rings. The van der Waals surface area contributed by atoms with Crippen LogP contribution in [0.25, 0.3) is 0 Å². The van der Waals surface area contributed by atoms with Crippen molar-refractivity contribution >= 4 is 17.8 Å². The minimum absolute atomic E-state index is 0.0564. The van der Waals surface area contributed by atoms with Gasteiger partial charge in [-0.3, -0.25) is 14.5 Å². The lowest BCUT2D eigenvalue weighted by Gasteiger charge is -2.41. The van der Waals surface area contributed by atoms with Crippen molar-refractivity contribution in [2.24, 2.45) is 11.3 Å². The number of unbranched alkanes of at least 4 members (excludes halogenated alkanes) is 1. The van der Waals surface area contributed by atoms with Crippen LogP contribution in [0.3, 0.4) is 0 Å². The molecule has 7 nitrogen and oxygen atoms in total. The van der Waals surface area contributed by atoms with E-state index in [2.05, 4.69) is 24.1 Å².